The fraction of sp³-hybridized carbons (Fsp3) is 0.250. The Labute approximate surface area is 83.3 Å². The normalized spacial score (nSPS) is 10.5. The second-order valence-electron chi connectivity index (χ2n) is 2.68. The van der Waals surface area contributed by atoms with Crippen molar-refractivity contribution in [2.45, 2.75) is 13.5 Å². The molecule has 2 aromatic heterocycles. The minimum atomic E-state index is 0.0767. The molecule has 2 aromatic rings. The van der Waals surface area contributed by atoms with Gasteiger partial charge in [-0.25, -0.2) is 4.98 Å². The predicted molar refractivity (Wildman–Crippen MR) is 54.5 cm³/mol. The minimum Gasteiger partial charge on any atom is -0.299 e. The summed E-state index contributed by atoms with van der Waals surface area (Å²) in [6, 6.07) is 0. The summed E-state index contributed by atoms with van der Waals surface area (Å²) >= 11 is 2.80. The van der Waals surface area contributed by atoms with Crippen LogP contribution in [0.25, 0.3) is 0 Å². The Bertz CT molecular complexity index is 454. The molecule has 0 saturated heterocycles. The van der Waals surface area contributed by atoms with E-state index in [0.717, 1.165) is 10.7 Å². The van der Waals surface area contributed by atoms with E-state index in [2.05, 4.69) is 4.98 Å². The maximum absolute atomic E-state index is 11.2. The first kappa shape index (κ1) is 8.65. The Balaban J connectivity index is 2.24. The van der Waals surface area contributed by atoms with Gasteiger partial charge in [-0.05, 0) is 6.92 Å². The van der Waals surface area contributed by atoms with Crippen LogP contribution in [0.15, 0.2) is 21.8 Å². The third kappa shape index (κ3) is 1.87. The average molecular weight is 212 g/mol. The molecular weight excluding hydrogens is 204 g/mol. The van der Waals surface area contributed by atoms with Crippen LogP contribution in [0.5, 0.6) is 0 Å². The molecule has 2 rings (SSSR count). The third-order valence-electron chi connectivity index (χ3n) is 1.62. The molecule has 0 unspecified atom stereocenters. The molecule has 0 aromatic carbocycles. The number of aryl methyl sites for hydroxylation is 1. The van der Waals surface area contributed by atoms with Crippen LogP contribution < -0.4 is 4.87 Å². The third-order valence-corrected chi connectivity index (χ3v) is 3.26. The van der Waals surface area contributed by atoms with Crippen LogP contribution in [0.3, 0.4) is 0 Å². The molecule has 0 fully saturated rings. The van der Waals surface area contributed by atoms with E-state index in [0.29, 0.717) is 6.54 Å². The molecule has 3 nitrogen and oxygen atoms in total. The van der Waals surface area contributed by atoms with Gasteiger partial charge in [0.2, 0.25) is 0 Å². The van der Waals surface area contributed by atoms with Crippen molar-refractivity contribution >= 4 is 22.7 Å². The Hall–Kier alpha value is -0.940. The van der Waals surface area contributed by atoms with Crippen LogP contribution in [0.4, 0.5) is 0 Å². The van der Waals surface area contributed by atoms with E-state index in [1.54, 1.807) is 27.5 Å². The van der Waals surface area contributed by atoms with Crippen LogP contribution in [0.2, 0.25) is 0 Å². The lowest BCUT2D eigenvalue weighted by molar-refractivity contribution is 0.775. The van der Waals surface area contributed by atoms with Crippen LogP contribution in [-0.2, 0) is 6.54 Å². The molecule has 13 heavy (non-hydrogen) atoms. The zero-order valence-electron chi connectivity index (χ0n) is 7.06. The first-order chi connectivity index (χ1) is 6.25. The number of hydrogen-bond acceptors (Lipinski definition) is 4. The van der Waals surface area contributed by atoms with Gasteiger partial charge in [0.15, 0.2) is 0 Å². The van der Waals surface area contributed by atoms with Crippen molar-refractivity contribution in [1.29, 1.82) is 0 Å². The highest BCUT2D eigenvalue weighted by Gasteiger charge is 2.01. The molecule has 0 atom stereocenters. The molecule has 0 saturated carbocycles. The zero-order valence-corrected chi connectivity index (χ0v) is 8.69. The van der Waals surface area contributed by atoms with Crippen LogP contribution in [-0.4, -0.2) is 9.55 Å². The maximum Gasteiger partial charge on any atom is 0.307 e. The number of rotatable bonds is 2. The van der Waals surface area contributed by atoms with Gasteiger partial charge in [-0.15, -0.1) is 11.3 Å². The van der Waals surface area contributed by atoms with Crippen molar-refractivity contribution in [3.8, 4) is 0 Å². The molecule has 0 N–H and O–H groups in total. The molecule has 0 radical (unpaired) electrons. The van der Waals surface area contributed by atoms with Gasteiger partial charge >= 0.3 is 4.87 Å². The van der Waals surface area contributed by atoms with Gasteiger partial charge in [-0.3, -0.25) is 9.36 Å². The summed E-state index contributed by atoms with van der Waals surface area (Å²) in [4.78, 5) is 15.6. The quantitative estimate of drug-likeness (QED) is 0.759. The molecule has 0 bridgehead atoms. The van der Waals surface area contributed by atoms with Crippen molar-refractivity contribution in [1.82, 2.24) is 9.55 Å². The summed E-state index contributed by atoms with van der Waals surface area (Å²) in [7, 11) is 0. The Morgan fingerprint density at radius 2 is 2.38 bits per heavy atom. The summed E-state index contributed by atoms with van der Waals surface area (Å²) in [5.74, 6) is 0. The predicted octanol–water partition coefficient (Wildman–Crippen LogP) is 1.72. The highest BCUT2D eigenvalue weighted by atomic mass is 32.1. The van der Waals surface area contributed by atoms with E-state index in [1.165, 1.54) is 11.3 Å². The van der Waals surface area contributed by atoms with Crippen LogP contribution >= 0.6 is 22.7 Å². The first-order valence-corrected chi connectivity index (χ1v) is 5.56. The van der Waals surface area contributed by atoms with Crippen LogP contribution in [0, 0.1) is 6.92 Å². The van der Waals surface area contributed by atoms with Gasteiger partial charge in [0.05, 0.1) is 6.54 Å². The lowest BCUT2D eigenvalue weighted by Gasteiger charge is -1.94. The molecule has 2 heterocycles. The van der Waals surface area contributed by atoms with Gasteiger partial charge in [-0.1, -0.05) is 11.3 Å². The summed E-state index contributed by atoms with van der Waals surface area (Å²) in [6.45, 7) is 2.55. The smallest absolute Gasteiger partial charge is 0.299 e. The second kappa shape index (κ2) is 3.43. The fourth-order valence-electron chi connectivity index (χ4n) is 1.03. The maximum atomic E-state index is 11.2. The highest BCUT2D eigenvalue weighted by molar-refractivity contribution is 7.09. The standard InChI is InChI=1S/C8H8N2OS2/c1-6-5-13-7(9-6)4-10-2-3-12-8(10)11/h2-3,5H,4H2,1H3. The van der Waals surface area contributed by atoms with Crippen LogP contribution in [0.1, 0.15) is 10.7 Å². The number of nitrogens with zero attached hydrogens (tertiary/aromatic N) is 2. The fourth-order valence-corrected chi connectivity index (χ4v) is 2.38. The molecule has 0 aliphatic heterocycles. The van der Waals surface area contributed by atoms with Crippen molar-refractivity contribution in [2.75, 3.05) is 0 Å². The summed E-state index contributed by atoms with van der Waals surface area (Å²) < 4.78 is 1.67. The Morgan fingerprint density at radius 1 is 1.54 bits per heavy atom. The molecule has 5 heteroatoms. The van der Waals surface area contributed by atoms with Gasteiger partial charge < -0.3 is 0 Å². The molecule has 0 amide bonds. The zero-order chi connectivity index (χ0) is 9.26. The molecule has 0 spiro atoms. The second-order valence-corrected chi connectivity index (χ2v) is 4.48. The van der Waals surface area contributed by atoms with Gasteiger partial charge in [0.1, 0.15) is 5.01 Å². The Kier molecular flexibility index (Phi) is 2.28. The van der Waals surface area contributed by atoms with E-state index in [4.69, 9.17) is 0 Å². The lowest BCUT2D eigenvalue weighted by Crippen LogP contribution is -2.12. The van der Waals surface area contributed by atoms with Crippen molar-refractivity contribution in [3.05, 3.63) is 37.3 Å². The van der Waals surface area contributed by atoms with Gasteiger partial charge in [-0.2, -0.15) is 0 Å². The summed E-state index contributed by atoms with van der Waals surface area (Å²) in [5, 5.41) is 4.77. The van der Waals surface area contributed by atoms with E-state index < -0.39 is 0 Å². The highest BCUT2D eigenvalue weighted by Crippen LogP contribution is 2.09. The first-order valence-electron chi connectivity index (χ1n) is 3.80. The molecule has 0 aliphatic carbocycles. The lowest BCUT2D eigenvalue weighted by atomic mass is 10.6. The van der Waals surface area contributed by atoms with Crippen molar-refractivity contribution in [2.24, 2.45) is 0 Å². The number of thiazole rings is 2. The largest absolute Gasteiger partial charge is 0.307 e. The molecule has 0 aliphatic rings. The van der Waals surface area contributed by atoms with Crippen molar-refractivity contribution < 1.29 is 0 Å². The summed E-state index contributed by atoms with van der Waals surface area (Å²) in [5.41, 5.74) is 1.02. The summed E-state index contributed by atoms with van der Waals surface area (Å²) in [6.07, 6.45) is 1.80. The van der Waals surface area contributed by atoms with E-state index in [-0.39, 0.29) is 4.87 Å². The van der Waals surface area contributed by atoms with Crippen molar-refractivity contribution in [3.63, 3.8) is 0 Å². The average Bonchev–Trinajstić information content (AvgIpc) is 2.64. The number of hydrogen-bond donors (Lipinski definition) is 0. The molecule has 68 valence electrons. The van der Waals surface area contributed by atoms with E-state index in [9.17, 15) is 4.79 Å². The van der Waals surface area contributed by atoms with E-state index in [1.807, 2.05) is 12.3 Å². The van der Waals surface area contributed by atoms with Gasteiger partial charge in [0.25, 0.3) is 0 Å². The van der Waals surface area contributed by atoms with E-state index >= 15 is 0 Å². The minimum absolute atomic E-state index is 0.0767. The Morgan fingerprint density at radius 3 is 2.92 bits per heavy atom. The SMILES string of the molecule is Cc1csc(Cn2ccsc2=O)n1. The topological polar surface area (TPSA) is 34.9 Å². The van der Waals surface area contributed by atoms with Gasteiger partial charge in [0, 0.05) is 22.7 Å². The molecular formula is C8H8N2OS2. The monoisotopic (exact) mass is 212 g/mol. The number of aromatic nitrogens is 2.